The molecule has 1 heterocycles. The van der Waals surface area contributed by atoms with Crippen molar-refractivity contribution in [3.63, 3.8) is 0 Å². The molecule has 0 amide bonds. The lowest BCUT2D eigenvalue weighted by molar-refractivity contribution is -0.277. The molecular weight excluding hydrogens is 268 g/mol. The third-order valence-corrected chi connectivity index (χ3v) is 3.21. The maximum Gasteiger partial charge on any atom is 0.229 e. The van der Waals surface area contributed by atoms with Crippen molar-refractivity contribution in [3.05, 3.63) is 29.8 Å². The van der Waals surface area contributed by atoms with E-state index >= 15 is 0 Å². The molecule has 5 N–H and O–H groups in total. The van der Waals surface area contributed by atoms with Crippen LogP contribution in [0.1, 0.15) is 5.56 Å². The zero-order valence-corrected chi connectivity index (χ0v) is 10.7. The zero-order chi connectivity index (χ0) is 14.7. The third-order valence-electron chi connectivity index (χ3n) is 3.21. The second kappa shape index (κ2) is 6.49. The van der Waals surface area contributed by atoms with Gasteiger partial charge in [-0.1, -0.05) is 12.1 Å². The molecule has 1 fully saturated rings. The lowest BCUT2D eigenvalue weighted by Gasteiger charge is -2.39. The summed E-state index contributed by atoms with van der Waals surface area (Å²) >= 11 is 0. The maximum absolute atomic E-state index is 9.80. The molecule has 7 nitrogen and oxygen atoms in total. The van der Waals surface area contributed by atoms with Gasteiger partial charge in [-0.05, 0) is 17.7 Å². The number of aliphatic hydroxyl groups excluding tert-OH is 5. The molecule has 1 saturated heterocycles. The van der Waals surface area contributed by atoms with Gasteiger partial charge in [-0.3, -0.25) is 0 Å². The predicted molar refractivity (Wildman–Crippen MR) is 66.8 cm³/mol. The van der Waals surface area contributed by atoms with Crippen molar-refractivity contribution in [1.29, 1.82) is 0 Å². The van der Waals surface area contributed by atoms with Gasteiger partial charge in [0.1, 0.15) is 30.2 Å². The predicted octanol–water partition coefficient (Wildman–Crippen LogP) is -1.64. The Morgan fingerprint density at radius 1 is 0.950 bits per heavy atom. The summed E-state index contributed by atoms with van der Waals surface area (Å²) < 4.78 is 10.6. The maximum atomic E-state index is 9.80. The Hall–Kier alpha value is -1.22. The normalized spacial score (nSPS) is 34.0. The van der Waals surface area contributed by atoms with E-state index in [1.807, 2.05) is 0 Å². The van der Waals surface area contributed by atoms with Crippen LogP contribution in [0.25, 0.3) is 0 Å². The largest absolute Gasteiger partial charge is 0.462 e. The second-order valence-corrected chi connectivity index (χ2v) is 4.62. The van der Waals surface area contributed by atoms with Crippen molar-refractivity contribution < 1.29 is 35.0 Å². The highest BCUT2D eigenvalue weighted by molar-refractivity contribution is 5.27. The Bertz CT molecular complexity index is 419. The quantitative estimate of drug-likeness (QED) is 0.450. The first-order valence-corrected chi connectivity index (χ1v) is 6.23. The summed E-state index contributed by atoms with van der Waals surface area (Å²) in [5, 5.41) is 47.0. The second-order valence-electron chi connectivity index (χ2n) is 4.62. The Labute approximate surface area is 115 Å². The Balaban J connectivity index is 2.06. The lowest BCUT2D eigenvalue weighted by atomic mass is 9.99. The van der Waals surface area contributed by atoms with E-state index in [0.717, 1.165) is 0 Å². The molecule has 1 aliphatic heterocycles. The van der Waals surface area contributed by atoms with Gasteiger partial charge in [-0.2, -0.15) is 0 Å². The highest BCUT2D eigenvalue weighted by atomic mass is 16.7. The lowest BCUT2D eigenvalue weighted by Crippen LogP contribution is -2.60. The average Bonchev–Trinajstić information content (AvgIpc) is 2.48. The number of ether oxygens (including phenoxy) is 2. The molecule has 7 heteroatoms. The minimum Gasteiger partial charge on any atom is -0.462 e. The van der Waals surface area contributed by atoms with Gasteiger partial charge >= 0.3 is 0 Å². The molecule has 1 aliphatic rings. The van der Waals surface area contributed by atoms with Gasteiger partial charge in [0.25, 0.3) is 0 Å². The van der Waals surface area contributed by atoms with Crippen molar-refractivity contribution in [2.75, 3.05) is 6.61 Å². The summed E-state index contributed by atoms with van der Waals surface area (Å²) in [4.78, 5) is 0. The smallest absolute Gasteiger partial charge is 0.229 e. The first-order chi connectivity index (χ1) is 9.56. The van der Waals surface area contributed by atoms with E-state index < -0.39 is 37.3 Å². The first kappa shape index (κ1) is 15.2. The van der Waals surface area contributed by atoms with E-state index in [9.17, 15) is 15.3 Å². The zero-order valence-electron chi connectivity index (χ0n) is 10.7. The number of hydrogen-bond acceptors (Lipinski definition) is 7. The molecular formula is C13H18O7. The van der Waals surface area contributed by atoms with Gasteiger partial charge in [0, 0.05) is 0 Å². The average molecular weight is 286 g/mol. The van der Waals surface area contributed by atoms with E-state index in [1.165, 1.54) is 0 Å². The topological polar surface area (TPSA) is 120 Å². The summed E-state index contributed by atoms with van der Waals surface area (Å²) in [6, 6.07) is 6.43. The van der Waals surface area contributed by atoms with Gasteiger partial charge in [0.15, 0.2) is 0 Å². The van der Waals surface area contributed by atoms with Crippen LogP contribution in [0.5, 0.6) is 5.75 Å². The first-order valence-electron chi connectivity index (χ1n) is 6.23. The van der Waals surface area contributed by atoms with Gasteiger partial charge < -0.3 is 35.0 Å². The summed E-state index contributed by atoms with van der Waals surface area (Å²) in [6.07, 6.45) is -6.53. The molecule has 0 radical (unpaired) electrons. The van der Waals surface area contributed by atoms with Gasteiger partial charge in [-0.15, -0.1) is 0 Å². The molecule has 2 rings (SSSR count). The van der Waals surface area contributed by atoms with E-state index in [1.54, 1.807) is 24.3 Å². The Morgan fingerprint density at radius 2 is 1.60 bits per heavy atom. The van der Waals surface area contributed by atoms with Gasteiger partial charge in [-0.25, -0.2) is 0 Å². The molecule has 0 aromatic heterocycles. The van der Waals surface area contributed by atoms with Gasteiger partial charge in [0.05, 0.1) is 13.2 Å². The van der Waals surface area contributed by atoms with Gasteiger partial charge in [0.2, 0.25) is 6.29 Å². The number of aliphatic hydroxyl groups is 5. The van der Waals surface area contributed by atoms with Crippen LogP contribution in [0.4, 0.5) is 0 Å². The number of hydrogen-bond donors (Lipinski definition) is 5. The summed E-state index contributed by atoms with van der Waals surface area (Å²) in [6.45, 7) is -0.603. The number of rotatable bonds is 4. The fraction of sp³-hybridized carbons (Fsp3) is 0.538. The molecule has 0 unspecified atom stereocenters. The van der Waals surface area contributed by atoms with E-state index in [0.29, 0.717) is 11.3 Å². The fourth-order valence-electron chi connectivity index (χ4n) is 1.97. The Kier molecular flexibility index (Phi) is 4.92. The van der Waals surface area contributed by atoms with Crippen LogP contribution in [0.2, 0.25) is 0 Å². The van der Waals surface area contributed by atoms with Crippen LogP contribution in [0.15, 0.2) is 24.3 Å². The van der Waals surface area contributed by atoms with E-state index in [4.69, 9.17) is 19.7 Å². The highest BCUT2D eigenvalue weighted by Gasteiger charge is 2.44. The molecule has 0 aliphatic carbocycles. The summed E-state index contributed by atoms with van der Waals surface area (Å²) in [5.74, 6) is 0.367. The Morgan fingerprint density at radius 3 is 2.15 bits per heavy atom. The van der Waals surface area contributed by atoms with Crippen LogP contribution in [-0.2, 0) is 11.3 Å². The van der Waals surface area contributed by atoms with Crippen molar-refractivity contribution in [3.8, 4) is 5.75 Å². The van der Waals surface area contributed by atoms with E-state index in [2.05, 4.69) is 0 Å². The minimum atomic E-state index is -1.47. The van der Waals surface area contributed by atoms with Crippen molar-refractivity contribution in [2.45, 2.75) is 37.3 Å². The monoisotopic (exact) mass is 286 g/mol. The van der Waals surface area contributed by atoms with Crippen LogP contribution < -0.4 is 4.74 Å². The molecule has 1 aromatic carbocycles. The molecule has 0 spiro atoms. The van der Waals surface area contributed by atoms with Crippen LogP contribution in [0.3, 0.4) is 0 Å². The summed E-state index contributed by atoms with van der Waals surface area (Å²) in [7, 11) is 0. The highest BCUT2D eigenvalue weighted by Crippen LogP contribution is 2.24. The van der Waals surface area contributed by atoms with Crippen LogP contribution in [0, 0.1) is 0 Å². The standard InChI is InChI=1S/C13H18O7/c14-5-7-1-3-8(4-2-7)19-13-12(18)11(17)10(16)9(6-15)20-13/h1-4,9-18H,5-6H2/t9-,10-,11-,12-,13-/m1/s1. The third kappa shape index (κ3) is 3.09. The van der Waals surface area contributed by atoms with Crippen molar-refractivity contribution in [1.82, 2.24) is 0 Å². The molecule has 112 valence electrons. The van der Waals surface area contributed by atoms with E-state index in [-0.39, 0.29) is 6.61 Å². The van der Waals surface area contributed by atoms with Crippen molar-refractivity contribution >= 4 is 0 Å². The SMILES string of the molecule is OCc1ccc(O[C@@H]2O[C@H](CO)[C@@H](O)[C@@H](O)[C@H]2O)cc1. The fourth-order valence-corrected chi connectivity index (χ4v) is 1.97. The summed E-state index contributed by atoms with van der Waals surface area (Å²) in [5.41, 5.74) is 0.700. The number of benzene rings is 1. The van der Waals surface area contributed by atoms with Crippen LogP contribution in [-0.4, -0.2) is 62.8 Å². The molecule has 0 bridgehead atoms. The molecule has 20 heavy (non-hydrogen) atoms. The molecule has 5 atom stereocenters. The molecule has 0 saturated carbocycles. The molecule has 1 aromatic rings. The van der Waals surface area contributed by atoms with Crippen LogP contribution >= 0.6 is 0 Å². The van der Waals surface area contributed by atoms with Crippen molar-refractivity contribution in [2.24, 2.45) is 0 Å². The minimum absolute atomic E-state index is 0.0969.